The van der Waals surface area contributed by atoms with E-state index in [-0.39, 0.29) is 27.6 Å². The van der Waals surface area contributed by atoms with Crippen molar-refractivity contribution in [2.45, 2.75) is 84.0 Å². The number of benzene rings is 1. The van der Waals surface area contributed by atoms with Crippen LogP contribution in [0.2, 0.25) is 0 Å². The topological polar surface area (TPSA) is 26.3 Å². The summed E-state index contributed by atoms with van der Waals surface area (Å²) in [5, 5.41) is 0. The SMILES string of the molecule is COC(=O)/C=C(C)/C=C/[C@]1(C)C[C@]1(C)c1ccc2c(c1)C(C)(C)CCC2(C)C. The lowest BCUT2D eigenvalue weighted by molar-refractivity contribution is -0.134. The fourth-order valence-electron chi connectivity index (χ4n) is 4.91. The van der Waals surface area contributed by atoms with Gasteiger partial charge in [-0.3, -0.25) is 0 Å². The molecule has 0 bridgehead atoms. The smallest absolute Gasteiger partial charge is 0.330 e. The molecule has 2 heteroatoms. The molecule has 1 aromatic rings. The van der Waals surface area contributed by atoms with Crippen LogP contribution in [0.1, 0.15) is 84.4 Å². The lowest BCUT2D eigenvalue weighted by Crippen LogP contribution is -2.34. The highest BCUT2D eigenvalue weighted by molar-refractivity contribution is 5.83. The number of carbonyl (C=O) groups excluding carboxylic acids is 1. The molecule has 2 aliphatic carbocycles. The van der Waals surface area contributed by atoms with Gasteiger partial charge in [0.15, 0.2) is 0 Å². The van der Waals surface area contributed by atoms with Gasteiger partial charge in [-0.25, -0.2) is 4.79 Å². The normalized spacial score (nSPS) is 30.8. The Morgan fingerprint density at radius 3 is 2.21 bits per heavy atom. The molecule has 0 heterocycles. The fourth-order valence-corrected chi connectivity index (χ4v) is 4.91. The quantitative estimate of drug-likeness (QED) is 0.344. The van der Waals surface area contributed by atoms with Crippen molar-refractivity contribution in [1.29, 1.82) is 0 Å². The Kier molecular flexibility index (Phi) is 4.93. The van der Waals surface area contributed by atoms with Crippen molar-refractivity contribution in [3.63, 3.8) is 0 Å². The maximum absolute atomic E-state index is 11.4. The molecule has 0 amide bonds. The number of esters is 1. The number of methoxy groups -OCH3 is 1. The van der Waals surface area contributed by atoms with Gasteiger partial charge in [0.25, 0.3) is 0 Å². The molecular weight excluding hydrogens is 344 g/mol. The Bertz CT molecular complexity index is 855. The van der Waals surface area contributed by atoms with Gasteiger partial charge in [0, 0.05) is 11.5 Å². The number of rotatable bonds is 4. The van der Waals surface area contributed by atoms with E-state index in [1.165, 1.54) is 36.6 Å². The molecular formula is C26H36O2. The number of carbonyl (C=O) groups is 1. The first kappa shape index (κ1) is 20.9. The van der Waals surface area contributed by atoms with Crippen molar-refractivity contribution in [2.24, 2.45) is 5.41 Å². The van der Waals surface area contributed by atoms with Crippen molar-refractivity contribution in [2.75, 3.05) is 7.11 Å². The summed E-state index contributed by atoms with van der Waals surface area (Å²) < 4.78 is 4.72. The minimum absolute atomic E-state index is 0.112. The summed E-state index contributed by atoms with van der Waals surface area (Å²) in [7, 11) is 1.41. The molecule has 3 rings (SSSR count). The first-order chi connectivity index (χ1) is 12.8. The second-order valence-corrected chi connectivity index (χ2v) is 10.7. The van der Waals surface area contributed by atoms with Crippen molar-refractivity contribution in [3.8, 4) is 0 Å². The van der Waals surface area contributed by atoms with Crippen LogP contribution in [0.3, 0.4) is 0 Å². The second kappa shape index (κ2) is 6.61. The molecule has 2 aliphatic rings. The summed E-state index contributed by atoms with van der Waals surface area (Å²) in [6.07, 6.45) is 9.50. The molecule has 28 heavy (non-hydrogen) atoms. The van der Waals surface area contributed by atoms with Crippen LogP contribution in [0.5, 0.6) is 0 Å². The lowest BCUT2D eigenvalue weighted by atomic mass is 9.62. The highest BCUT2D eigenvalue weighted by atomic mass is 16.5. The van der Waals surface area contributed by atoms with Crippen LogP contribution in [0.15, 0.2) is 42.0 Å². The number of fused-ring (bicyclic) bond motifs is 1. The highest BCUT2D eigenvalue weighted by Crippen LogP contribution is 2.65. The van der Waals surface area contributed by atoms with Gasteiger partial charge in [0.05, 0.1) is 7.11 Å². The summed E-state index contributed by atoms with van der Waals surface area (Å²) >= 11 is 0. The third-order valence-electron chi connectivity index (χ3n) is 7.61. The summed E-state index contributed by atoms with van der Waals surface area (Å²) in [4.78, 5) is 11.4. The van der Waals surface area contributed by atoms with Crippen LogP contribution >= 0.6 is 0 Å². The molecule has 0 radical (unpaired) electrons. The molecule has 0 saturated heterocycles. The Hall–Kier alpha value is -1.83. The molecule has 0 unspecified atom stereocenters. The van der Waals surface area contributed by atoms with E-state index in [9.17, 15) is 4.79 Å². The van der Waals surface area contributed by atoms with Gasteiger partial charge in [-0.2, -0.15) is 0 Å². The Morgan fingerprint density at radius 2 is 1.61 bits per heavy atom. The summed E-state index contributed by atoms with van der Waals surface area (Å²) in [6.45, 7) is 16.2. The van der Waals surface area contributed by atoms with E-state index in [0.29, 0.717) is 0 Å². The number of allylic oxidation sites excluding steroid dienone is 3. The van der Waals surface area contributed by atoms with E-state index in [1.807, 2.05) is 6.92 Å². The van der Waals surface area contributed by atoms with E-state index >= 15 is 0 Å². The standard InChI is InChI=1S/C26H36O2/c1-18(15-22(27)28-8)11-12-25(6)17-26(25,7)19-9-10-20-21(16-19)24(4,5)14-13-23(20,2)3/h9-12,15-16H,13-14,17H2,1-8H3/b12-11+,18-15+/t25-,26-/m1/s1. The largest absolute Gasteiger partial charge is 0.466 e. The van der Waals surface area contributed by atoms with Crippen LogP contribution in [0, 0.1) is 5.41 Å². The van der Waals surface area contributed by atoms with Crippen LogP contribution in [-0.2, 0) is 25.8 Å². The second-order valence-electron chi connectivity index (χ2n) is 10.7. The molecule has 2 nitrogen and oxygen atoms in total. The van der Waals surface area contributed by atoms with E-state index in [1.54, 1.807) is 6.08 Å². The average molecular weight is 381 g/mol. The average Bonchev–Trinajstić information content (AvgIpc) is 3.20. The molecule has 1 fully saturated rings. The monoisotopic (exact) mass is 380 g/mol. The van der Waals surface area contributed by atoms with Crippen LogP contribution in [-0.4, -0.2) is 13.1 Å². The summed E-state index contributed by atoms with van der Waals surface area (Å²) in [5.74, 6) is -0.301. The van der Waals surface area contributed by atoms with Crippen LogP contribution in [0.25, 0.3) is 0 Å². The zero-order chi connectivity index (χ0) is 21.0. The van der Waals surface area contributed by atoms with Crippen molar-refractivity contribution in [1.82, 2.24) is 0 Å². The Labute approximate surface area is 171 Å². The maximum Gasteiger partial charge on any atom is 0.330 e. The van der Waals surface area contributed by atoms with E-state index in [0.717, 1.165) is 12.0 Å². The zero-order valence-electron chi connectivity index (χ0n) is 18.9. The van der Waals surface area contributed by atoms with Gasteiger partial charge in [0.2, 0.25) is 0 Å². The van der Waals surface area contributed by atoms with E-state index in [2.05, 4.69) is 71.9 Å². The highest BCUT2D eigenvalue weighted by Gasteiger charge is 2.60. The van der Waals surface area contributed by atoms with Gasteiger partial charge in [-0.1, -0.05) is 71.9 Å². The van der Waals surface area contributed by atoms with E-state index in [4.69, 9.17) is 4.74 Å². The molecule has 152 valence electrons. The fraction of sp³-hybridized carbons (Fsp3) is 0.577. The van der Waals surface area contributed by atoms with Crippen LogP contribution < -0.4 is 0 Å². The maximum atomic E-state index is 11.4. The Morgan fingerprint density at radius 1 is 1.00 bits per heavy atom. The molecule has 0 aromatic heterocycles. The van der Waals surface area contributed by atoms with Gasteiger partial charge in [0.1, 0.15) is 0 Å². The molecule has 2 atom stereocenters. The molecule has 0 aliphatic heterocycles. The van der Waals surface area contributed by atoms with Gasteiger partial charge < -0.3 is 4.74 Å². The first-order valence-corrected chi connectivity index (χ1v) is 10.5. The van der Waals surface area contributed by atoms with Crippen molar-refractivity contribution in [3.05, 3.63) is 58.7 Å². The molecule has 0 spiro atoms. The number of hydrogen-bond donors (Lipinski definition) is 0. The summed E-state index contributed by atoms with van der Waals surface area (Å²) in [5.41, 5.74) is 6.16. The third-order valence-corrected chi connectivity index (χ3v) is 7.61. The third kappa shape index (κ3) is 3.47. The minimum atomic E-state index is -0.301. The first-order valence-electron chi connectivity index (χ1n) is 10.5. The minimum Gasteiger partial charge on any atom is -0.466 e. The predicted octanol–water partition coefficient (Wildman–Crippen LogP) is 6.38. The lowest BCUT2D eigenvalue weighted by Gasteiger charge is -2.42. The number of hydrogen-bond acceptors (Lipinski definition) is 2. The molecule has 0 N–H and O–H groups in total. The zero-order valence-corrected chi connectivity index (χ0v) is 18.9. The van der Waals surface area contributed by atoms with Gasteiger partial charge in [-0.15, -0.1) is 0 Å². The van der Waals surface area contributed by atoms with Crippen molar-refractivity contribution >= 4 is 5.97 Å². The number of ether oxygens (including phenoxy) is 1. The van der Waals surface area contributed by atoms with Gasteiger partial charge >= 0.3 is 5.97 Å². The molecule has 1 aromatic carbocycles. The van der Waals surface area contributed by atoms with Gasteiger partial charge in [-0.05, 0) is 64.7 Å². The Balaban J connectivity index is 1.91. The van der Waals surface area contributed by atoms with Crippen molar-refractivity contribution < 1.29 is 9.53 Å². The van der Waals surface area contributed by atoms with Crippen LogP contribution in [0.4, 0.5) is 0 Å². The summed E-state index contributed by atoms with van der Waals surface area (Å²) in [6, 6.07) is 7.24. The van der Waals surface area contributed by atoms with E-state index < -0.39 is 0 Å². The predicted molar refractivity (Wildman–Crippen MR) is 117 cm³/mol. The molecule has 1 saturated carbocycles.